The number of hydrogen-bond acceptors (Lipinski definition) is 7. The summed E-state index contributed by atoms with van der Waals surface area (Å²) < 4.78 is 34.5. The van der Waals surface area contributed by atoms with Gasteiger partial charge in [0.15, 0.2) is 11.0 Å². The molecule has 4 rings (SSSR count). The molecule has 32 heavy (non-hydrogen) atoms. The van der Waals surface area contributed by atoms with Crippen LogP contribution in [0.15, 0.2) is 41.6 Å². The number of benzene rings is 1. The van der Waals surface area contributed by atoms with Crippen LogP contribution in [-0.2, 0) is 21.9 Å². The van der Waals surface area contributed by atoms with E-state index in [4.69, 9.17) is 4.74 Å². The van der Waals surface area contributed by atoms with Gasteiger partial charge in [0.2, 0.25) is 15.9 Å². The largest absolute Gasteiger partial charge is 0.497 e. The molecule has 0 bridgehead atoms. The SMILES string of the molecule is COc1ccc(S(=O)(=O)N2CCCC(C(=O)Nc3nc(C)c(-c4nccn4C)s3)C2)cc1. The molecule has 3 aromatic rings. The number of hydrogen-bond donors (Lipinski definition) is 1. The van der Waals surface area contributed by atoms with E-state index in [1.54, 1.807) is 18.3 Å². The van der Waals surface area contributed by atoms with Crippen molar-refractivity contribution in [2.75, 3.05) is 25.5 Å². The molecule has 11 heteroatoms. The summed E-state index contributed by atoms with van der Waals surface area (Å²) in [4.78, 5) is 22.8. The van der Waals surface area contributed by atoms with Gasteiger partial charge in [0.05, 0.1) is 28.5 Å². The summed E-state index contributed by atoms with van der Waals surface area (Å²) >= 11 is 1.36. The third-order valence-electron chi connectivity index (χ3n) is 5.50. The van der Waals surface area contributed by atoms with E-state index in [-0.39, 0.29) is 17.3 Å². The van der Waals surface area contributed by atoms with Crippen LogP contribution in [-0.4, -0.2) is 53.4 Å². The van der Waals surface area contributed by atoms with Crippen LogP contribution >= 0.6 is 11.3 Å². The van der Waals surface area contributed by atoms with Crippen LogP contribution in [0.25, 0.3) is 10.7 Å². The van der Waals surface area contributed by atoms with Gasteiger partial charge in [0, 0.05) is 32.5 Å². The number of anilines is 1. The van der Waals surface area contributed by atoms with Crippen LogP contribution in [0, 0.1) is 12.8 Å². The number of nitrogens with zero attached hydrogens (tertiary/aromatic N) is 4. The standard InChI is InChI=1S/C21H25N5O4S2/c1-14-18(19-22-10-12-25(19)2)31-21(23-14)24-20(27)15-5-4-11-26(13-15)32(28,29)17-8-6-16(30-3)7-9-17/h6-10,12,15H,4-5,11,13H2,1-3H3,(H,23,24,27). The molecule has 1 aromatic carbocycles. The number of piperidine rings is 1. The van der Waals surface area contributed by atoms with Gasteiger partial charge in [0.1, 0.15) is 5.75 Å². The van der Waals surface area contributed by atoms with E-state index in [2.05, 4.69) is 15.3 Å². The maximum Gasteiger partial charge on any atom is 0.243 e. The molecule has 1 atom stereocenters. The first-order valence-corrected chi connectivity index (χ1v) is 12.5. The number of thiazole rings is 1. The Morgan fingerprint density at radius 1 is 1.28 bits per heavy atom. The van der Waals surface area contributed by atoms with Gasteiger partial charge in [-0.15, -0.1) is 0 Å². The molecule has 0 aliphatic carbocycles. The monoisotopic (exact) mass is 475 g/mol. The Bertz CT molecular complexity index is 1220. The molecular weight excluding hydrogens is 450 g/mol. The fourth-order valence-electron chi connectivity index (χ4n) is 3.72. The lowest BCUT2D eigenvalue weighted by Crippen LogP contribution is -2.43. The Balaban J connectivity index is 1.46. The maximum absolute atomic E-state index is 13.1. The van der Waals surface area contributed by atoms with Gasteiger partial charge in [-0.05, 0) is 44.0 Å². The number of carbonyl (C=O) groups is 1. The maximum atomic E-state index is 13.1. The molecule has 1 fully saturated rings. The average Bonchev–Trinajstić information content (AvgIpc) is 3.38. The number of carbonyl (C=O) groups excluding carboxylic acids is 1. The van der Waals surface area contributed by atoms with E-state index < -0.39 is 15.9 Å². The van der Waals surface area contributed by atoms with E-state index in [0.29, 0.717) is 30.3 Å². The molecule has 0 saturated carbocycles. The number of aryl methyl sites for hydroxylation is 2. The van der Waals surface area contributed by atoms with E-state index in [1.807, 2.05) is 24.7 Å². The minimum atomic E-state index is -3.69. The number of imidazole rings is 1. The summed E-state index contributed by atoms with van der Waals surface area (Å²) in [6.45, 7) is 2.40. The second-order valence-corrected chi connectivity index (χ2v) is 10.6. The molecule has 170 valence electrons. The van der Waals surface area contributed by atoms with Gasteiger partial charge in [0.25, 0.3) is 0 Å². The minimum absolute atomic E-state index is 0.136. The van der Waals surface area contributed by atoms with Crippen molar-refractivity contribution in [3.05, 3.63) is 42.4 Å². The zero-order valence-electron chi connectivity index (χ0n) is 18.1. The highest BCUT2D eigenvalue weighted by Gasteiger charge is 2.33. The molecule has 2 aromatic heterocycles. The van der Waals surface area contributed by atoms with E-state index >= 15 is 0 Å². The summed E-state index contributed by atoms with van der Waals surface area (Å²) in [5.74, 6) is 0.704. The zero-order chi connectivity index (χ0) is 22.9. The smallest absolute Gasteiger partial charge is 0.243 e. The van der Waals surface area contributed by atoms with Gasteiger partial charge in [-0.2, -0.15) is 4.31 Å². The number of sulfonamides is 1. The lowest BCUT2D eigenvalue weighted by Gasteiger charge is -2.31. The Hall–Kier alpha value is -2.76. The van der Waals surface area contributed by atoms with Crippen molar-refractivity contribution in [2.24, 2.45) is 13.0 Å². The van der Waals surface area contributed by atoms with Crippen LogP contribution in [0.3, 0.4) is 0 Å². The predicted molar refractivity (Wildman–Crippen MR) is 122 cm³/mol. The van der Waals surface area contributed by atoms with Crippen LogP contribution in [0.2, 0.25) is 0 Å². The highest BCUT2D eigenvalue weighted by molar-refractivity contribution is 7.89. The summed E-state index contributed by atoms with van der Waals surface area (Å²) in [6, 6.07) is 6.28. The molecule has 3 heterocycles. The molecule has 1 N–H and O–H groups in total. The second-order valence-electron chi connectivity index (χ2n) is 7.66. The van der Waals surface area contributed by atoms with Crippen molar-refractivity contribution in [3.8, 4) is 16.5 Å². The van der Waals surface area contributed by atoms with Crippen molar-refractivity contribution in [1.29, 1.82) is 0 Å². The first-order chi connectivity index (χ1) is 15.3. The number of amides is 1. The minimum Gasteiger partial charge on any atom is -0.497 e. The predicted octanol–water partition coefficient (Wildman–Crippen LogP) is 2.90. The highest BCUT2D eigenvalue weighted by Crippen LogP contribution is 2.32. The van der Waals surface area contributed by atoms with Crippen molar-refractivity contribution in [2.45, 2.75) is 24.7 Å². The summed E-state index contributed by atoms with van der Waals surface area (Å²) in [6.07, 6.45) is 4.80. The van der Waals surface area contributed by atoms with Crippen molar-refractivity contribution < 1.29 is 17.9 Å². The third kappa shape index (κ3) is 4.41. The normalized spacial score (nSPS) is 17.3. The quantitative estimate of drug-likeness (QED) is 0.588. The Morgan fingerprint density at radius 3 is 2.69 bits per heavy atom. The molecule has 1 aliphatic rings. The Kier molecular flexibility index (Phi) is 6.31. The molecule has 9 nitrogen and oxygen atoms in total. The van der Waals surface area contributed by atoms with Crippen LogP contribution in [0.5, 0.6) is 5.75 Å². The zero-order valence-corrected chi connectivity index (χ0v) is 19.7. The third-order valence-corrected chi connectivity index (χ3v) is 8.45. The summed E-state index contributed by atoms with van der Waals surface area (Å²) in [5.41, 5.74) is 0.784. The molecule has 1 amide bonds. The van der Waals surface area contributed by atoms with E-state index in [9.17, 15) is 13.2 Å². The lowest BCUT2D eigenvalue weighted by molar-refractivity contribution is -0.120. The molecule has 1 aliphatic heterocycles. The number of methoxy groups -OCH3 is 1. The Morgan fingerprint density at radius 2 is 2.03 bits per heavy atom. The topological polar surface area (TPSA) is 106 Å². The highest BCUT2D eigenvalue weighted by atomic mass is 32.2. The summed E-state index contributed by atoms with van der Waals surface area (Å²) in [7, 11) is -0.259. The molecule has 1 saturated heterocycles. The summed E-state index contributed by atoms with van der Waals surface area (Å²) in [5, 5.41) is 3.36. The second kappa shape index (κ2) is 9.00. The van der Waals surface area contributed by atoms with Crippen molar-refractivity contribution in [3.63, 3.8) is 0 Å². The van der Waals surface area contributed by atoms with Crippen molar-refractivity contribution in [1.82, 2.24) is 18.8 Å². The number of nitrogens with one attached hydrogen (secondary N) is 1. The van der Waals surface area contributed by atoms with Crippen molar-refractivity contribution >= 4 is 32.4 Å². The fraction of sp³-hybridized carbons (Fsp3) is 0.381. The van der Waals surface area contributed by atoms with Gasteiger partial charge in [-0.3, -0.25) is 4.79 Å². The fourth-order valence-corrected chi connectivity index (χ4v) is 6.25. The van der Waals surface area contributed by atoms with Crippen LogP contribution in [0.1, 0.15) is 18.5 Å². The van der Waals surface area contributed by atoms with Gasteiger partial charge in [-0.1, -0.05) is 11.3 Å². The first kappa shape index (κ1) is 22.4. The molecule has 0 spiro atoms. The molecule has 0 radical (unpaired) electrons. The van der Waals surface area contributed by atoms with Gasteiger partial charge in [-0.25, -0.2) is 18.4 Å². The number of aromatic nitrogens is 3. The lowest BCUT2D eigenvalue weighted by atomic mass is 9.99. The molecular formula is C21H25N5O4S2. The van der Waals surface area contributed by atoms with E-state index in [1.165, 1.54) is 34.9 Å². The van der Waals surface area contributed by atoms with Crippen LogP contribution < -0.4 is 10.1 Å². The van der Waals surface area contributed by atoms with Crippen LogP contribution in [0.4, 0.5) is 5.13 Å². The van der Waals surface area contributed by atoms with Gasteiger partial charge >= 0.3 is 0 Å². The van der Waals surface area contributed by atoms with Gasteiger partial charge < -0.3 is 14.6 Å². The molecule has 1 unspecified atom stereocenters. The van der Waals surface area contributed by atoms with E-state index in [0.717, 1.165) is 16.4 Å². The number of ether oxygens (including phenoxy) is 1. The number of rotatable bonds is 6. The first-order valence-electron chi connectivity index (χ1n) is 10.2. The Labute approximate surface area is 191 Å². The average molecular weight is 476 g/mol.